The summed E-state index contributed by atoms with van der Waals surface area (Å²) in [4.78, 5) is 11.3. The minimum Gasteiger partial charge on any atom is -0.508 e. The number of aromatic hydroxyl groups is 1. The molecule has 2 N–H and O–H groups in total. The maximum Gasteiger partial charge on any atom is 0.407 e. The summed E-state index contributed by atoms with van der Waals surface area (Å²) in [5.74, 6) is 0.384. The zero-order valence-corrected chi connectivity index (χ0v) is 11.8. The third-order valence-corrected chi connectivity index (χ3v) is 2.76. The third kappa shape index (κ3) is 4.27. The van der Waals surface area contributed by atoms with Gasteiger partial charge in [-0.05, 0) is 29.8 Å². The lowest BCUT2D eigenvalue weighted by Gasteiger charge is -2.06. The molecule has 7 heteroatoms. The molecule has 2 rings (SSSR count). The molecule has 0 saturated heterocycles. The van der Waals surface area contributed by atoms with Gasteiger partial charge in [-0.25, -0.2) is 4.79 Å². The SMILES string of the molecule is CCCCOC(=O)NCCOc1noc2ccc(O)cc12. The molecule has 0 saturated carbocycles. The second kappa shape index (κ2) is 7.37. The van der Waals surface area contributed by atoms with Crippen molar-refractivity contribution in [3.8, 4) is 11.6 Å². The first kappa shape index (κ1) is 15.0. The van der Waals surface area contributed by atoms with E-state index in [2.05, 4.69) is 10.5 Å². The zero-order valence-electron chi connectivity index (χ0n) is 11.8. The Morgan fingerprint density at radius 3 is 3.10 bits per heavy atom. The molecule has 7 nitrogen and oxygen atoms in total. The number of hydrogen-bond acceptors (Lipinski definition) is 6. The van der Waals surface area contributed by atoms with Crippen LogP contribution in [-0.2, 0) is 4.74 Å². The van der Waals surface area contributed by atoms with Crippen LogP contribution < -0.4 is 10.1 Å². The molecule has 21 heavy (non-hydrogen) atoms. The standard InChI is InChI=1S/C14H18N2O5/c1-2-3-7-20-14(18)15-6-8-19-13-11-9-10(17)4-5-12(11)21-16-13/h4-5,9,17H,2-3,6-8H2,1H3,(H,15,18). The fraction of sp³-hybridized carbons (Fsp3) is 0.429. The number of hydrogen-bond donors (Lipinski definition) is 2. The highest BCUT2D eigenvalue weighted by Crippen LogP contribution is 2.27. The summed E-state index contributed by atoms with van der Waals surface area (Å²) in [6.45, 7) is 2.95. The molecule has 1 aromatic heterocycles. The van der Waals surface area contributed by atoms with Gasteiger partial charge in [-0.1, -0.05) is 13.3 Å². The van der Waals surface area contributed by atoms with E-state index in [1.54, 1.807) is 6.07 Å². The fourth-order valence-corrected chi connectivity index (χ4v) is 1.67. The van der Waals surface area contributed by atoms with Gasteiger partial charge in [0.1, 0.15) is 12.4 Å². The van der Waals surface area contributed by atoms with E-state index < -0.39 is 6.09 Å². The number of carbonyl (C=O) groups excluding carboxylic acids is 1. The minimum atomic E-state index is -0.463. The number of aromatic nitrogens is 1. The molecule has 0 aliphatic heterocycles. The average molecular weight is 294 g/mol. The maximum atomic E-state index is 11.3. The maximum absolute atomic E-state index is 11.3. The Labute approximate surface area is 121 Å². The lowest BCUT2D eigenvalue weighted by molar-refractivity contribution is 0.142. The second-order valence-corrected chi connectivity index (χ2v) is 4.43. The first-order chi connectivity index (χ1) is 10.2. The van der Waals surface area contributed by atoms with E-state index >= 15 is 0 Å². The first-order valence-corrected chi connectivity index (χ1v) is 6.82. The van der Waals surface area contributed by atoms with E-state index in [1.165, 1.54) is 12.1 Å². The van der Waals surface area contributed by atoms with Crippen LogP contribution >= 0.6 is 0 Å². The first-order valence-electron chi connectivity index (χ1n) is 6.82. The van der Waals surface area contributed by atoms with Gasteiger partial charge in [0, 0.05) is 0 Å². The molecule has 0 spiro atoms. The number of carbonyl (C=O) groups is 1. The van der Waals surface area contributed by atoms with Crippen LogP contribution in [-0.4, -0.2) is 36.1 Å². The summed E-state index contributed by atoms with van der Waals surface area (Å²) >= 11 is 0. The van der Waals surface area contributed by atoms with Crippen molar-refractivity contribution in [2.45, 2.75) is 19.8 Å². The van der Waals surface area contributed by atoms with Gasteiger partial charge in [-0.3, -0.25) is 0 Å². The fourth-order valence-electron chi connectivity index (χ4n) is 1.67. The molecule has 0 bridgehead atoms. The van der Waals surface area contributed by atoms with Crippen LogP contribution in [0.25, 0.3) is 11.0 Å². The Morgan fingerprint density at radius 2 is 2.29 bits per heavy atom. The van der Waals surface area contributed by atoms with Gasteiger partial charge >= 0.3 is 6.09 Å². The Bertz CT molecular complexity index is 596. The monoisotopic (exact) mass is 294 g/mol. The topological polar surface area (TPSA) is 93.8 Å². The van der Waals surface area contributed by atoms with E-state index in [4.69, 9.17) is 14.0 Å². The van der Waals surface area contributed by atoms with Crippen molar-refractivity contribution in [1.82, 2.24) is 10.5 Å². The van der Waals surface area contributed by atoms with E-state index in [0.717, 1.165) is 12.8 Å². The van der Waals surface area contributed by atoms with Gasteiger partial charge in [0.2, 0.25) is 0 Å². The smallest absolute Gasteiger partial charge is 0.407 e. The highest BCUT2D eigenvalue weighted by atomic mass is 16.6. The predicted octanol–water partition coefficient (Wildman–Crippen LogP) is 2.44. The molecule has 0 radical (unpaired) electrons. The van der Waals surface area contributed by atoms with E-state index in [1.807, 2.05) is 6.92 Å². The highest BCUT2D eigenvalue weighted by molar-refractivity contribution is 5.83. The minimum absolute atomic E-state index is 0.105. The van der Waals surface area contributed by atoms with E-state index in [9.17, 15) is 9.90 Å². The molecule has 0 fully saturated rings. The Hall–Kier alpha value is -2.44. The number of ether oxygens (including phenoxy) is 2. The molecular weight excluding hydrogens is 276 g/mol. The second-order valence-electron chi connectivity index (χ2n) is 4.43. The third-order valence-electron chi connectivity index (χ3n) is 2.76. The van der Waals surface area contributed by atoms with Crippen LogP contribution in [0.15, 0.2) is 22.7 Å². The van der Waals surface area contributed by atoms with Crippen LogP contribution in [0.5, 0.6) is 11.6 Å². The molecule has 2 aromatic rings. The Morgan fingerprint density at radius 1 is 1.43 bits per heavy atom. The Balaban J connectivity index is 1.75. The number of rotatable bonds is 7. The van der Waals surface area contributed by atoms with Gasteiger partial charge in [-0.15, -0.1) is 0 Å². The van der Waals surface area contributed by atoms with Gasteiger partial charge < -0.3 is 24.4 Å². The van der Waals surface area contributed by atoms with Crippen LogP contribution in [0.1, 0.15) is 19.8 Å². The molecule has 1 amide bonds. The summed E-state index contributed by atoms with van der Waals surface area (Å²) in [5.41, 5.74) is 0.523. The van der Waals surface area contributed by atoms with Crippen molar-refractivity contribution in [3.63, 3.8) is 0 Å². The number of phenols is 1. The molecule has 1 aromatic carbocycles. The molecule has 1 heterocycles. The number of benzene rings is 1. The number of unbranched alkanes of at least 4 members (excludes halogenated alkanes) is 1. The normalized spacial score (nSPS) is 10.5. The summed E-state index contributed by atoms with van der Waals surface area (Å²) in [6, 6.07) is 4.62. The average Bonchev–Trinajstić information content (AvgIpc) is 2.86. The van der Waals surface area contributed by atoms with Crippen LogP contribution in [0.4, 0.5) is 4.79 Å². The zero-order chi connectivity index (χ0) is 15.1. The quantitative estimate of drug-likeness (QED) is 0.762. The summed E-state index contributed by atoms with van der Waals surface area (Å²) in [6.07, 6.45) is 1.36. The number of fused-ring (bicyclic) bond motifs is 1. The van der Waals surface area contributed by atoms with Crippen LogP contribution in [0.2, 0.25) is 0 Å². The number of alkyl carbamates (subject to hydrolysis) is 1. The van der Waals surface area contributed by atoms with Gasteiger partial charge in [0.15, 0.2) is 5.58 Å². The summed E-state index contributed by atoms with van der Waals surface area (Å²) in [7, 11) is 0. The lowest BCUT2D eigenvalue weighted by atomic mass is 10.2. The van der Waals surface area contributed by atoms with E-state index in [-0.39, 0.29) is 24.8 Å². The van der Waals surface area contributed by atoms with Crippen LogP contribution in [0, 0.1) is 0 Å². The largest absolute Gasteiger partial charge is 0.508 e. The van der Waals surface area contributed by atoms with Crippen molar-refractivity contribution >= 4 is 17.1 Å². The lowest BCUT2D eigenvalue weighted by Crippen LogP contribution is -2.29. The van der Waals surface area contributed by atoms with Gasteiger partial charge in [0.05, 0.1) is 18.5 Å². The number of nitrogens with zero attached hydrogens (tertiary/aromatic N) is 1. The van der Waals surface area contributed by atoms with Crippen LogP contribution in [0.3, 0.4) is 0 Å². The highest BCUT2D eigenvalue weighted by Gasteiger charge is 2.10. The van der Waals surface area contributed by atoms with Crippen molar-refractivity contribution < 1.29 is 23.9 Å². The Kier molecular flexibility index (Phi) is 5.25. The molecule has 0 unspecified atom stereocenters. The van der Waals surface area contributed by atoms with Gasteiger partial charge in [0.25, 0.3) is 5.88 Å². The molecular formula is C14H18N2O5. The summed E-state index contributed by atoms with van der Waals surface area (Å²) in [5, 5.41) is 16.3. The van der Waals surface area contributed by atoms with Crippen molar-refractivity contribution in [2.75, 3.05) is 19.8 Å². The van der Waals surface area contributed by atoms with Crippen molar-refractivity contribution in [2.24, 2.45) is 0 Å². The predicted molar refractivity (Wildman–Crippen MR) is 75.4 cm³/mol. The van der Waals surface area contributed by atoms with E-state index in [0.29, 0.717) is 17.6 Å². The molecule has 114 valence electrons. The van der Waals surface area contributed by atoms with Crippen molar-refractivity contribution in [3.05, 3.63) is 18.2 Å². The van der Waals surface area contributed by atoms with Crippen molar-refractivity contribution in [1.29, 1.82) is 0 Å². The number of phenolic OH excluding ortho intramolecular Hbond substituents is 1. The molecule has 0 atom stereocenters. The number of amides is 1. The summed E-state index contributed by atoms with van der Waals surface area (Å²) < 4.78 is 15.4. The van der Waals surface area contributed by atoms with Gasteiger partial charge in [-0.2, -0.15) is 0 Å². The molecule has 0 aliphatic carbocycles. The molecule has 0 aliphatic rings. The number of nitrogens with one attached hydrogen (secondary N) is 1.